The Hall–Kier alpha value is -0.0800. The van der Waals surface area contributed by atoms with Crippen molar-refractivity contribution in [1.82, 2.24) is 5.32 Å². The Morgan fingerprint density at radius 3 is 2.40 bits per heavy atom. The second-order valence-corrected chi connectivity index (χ2v) is 4.95. The molecule has 0 spiro atoms. The van der Waals surface area contributed by atoms with Crippen molar-refractivity contribution in [2.45, 2.75) is 72.0 Å². The molecule has 0 aliphatic rings. The van der Waals surface area contributed by atoms with Crippen molar-refractivity contribution in [1.29, 1.82) is 0 Å². The van der Waals surface area contributed by atoms with Gasteiger partial charge in [-0.2, -0.15) is 0 Å². The highest BCUT2D eigenvalue weighted by atomic mass is 16.5. The first-order chi connectivity index (χ1) is 7.02. The molecule has 0 rings (SSSR count). The smallest absolute Gasteiger partial charge is 0.0678 e. The van der Waals surface area contributed by atoms with E-state index in [9.17, 15) is 0 Å². The van der Waals surface area contributed by atoms with E-state index < -0.39 is 0 Å². The first-order valence-corrected chi connectivity index (χ1v) is 6.40. The lowest BCUT2D eigenvalue weighted by Gasteiger charge is -2.28. The Balaban J connectivity index is 3.45. The van der Waals surface area contributed by atoms with Gasteiger partial charge in [0.15, 0.2) is 0 Å². The molecular weight excluding hydrogens is 186 g/mol. The number of hydrogen-bond donors (Lipinski definition) is 1. The maximum Gasteiger partial charge on any atom is 0.0678 e. The third-order valence-corrected chi connectivity index (χ3v) is 2.76. The molecule has 1 N–H and O–H groups in total. The zero-order chi connectivity index (χ0) is 11.7. The minimum Gasteiger partial charge on any atom is -0.371 e. The molecule has 0 bridgehead atoms. The fourth-order valence-electron chi connectivity index (χ4n) is 1.47. The van der Waals surface area contributed by atoms with Gasteiger partial charge in [0, 0.05) is 6.54 Å². The third kappa shape index (κ3) is 8.88. The van der Waals surface area contributed by atoms with Crippen LogP contribution in [0.2, 0.25) is 0 Å². The maximum absolute atomic E-state index is 5.93. The van der Waals surface area contributed by atoms with E-state index in [4.69, 9.17) is 4.74 Å². The topological polar surface area (TPSA) is 21.3 Å². The van der Waals surface area contributed by atoms with E-state index in [-0.39, 0.29) is 5.60 Å². The average Bonchev–Trinajstić information content (AvgIpc) is 2.17. The molecule has 0 radical (unpaired) electrons. The molecule has 0 aromatic rings. The van der Waals surface area contributed by atoms with Gasteiger partial charge in [-0.15, -0.1) is 0 Å². The third-order valence-electron chi connectivity index (χ3n) is 2.76. The van der Waals surface area contributed by atoms with Crippen LogP contribution in [0.1, 0.15) is 60.3 Å². The Kier molecular flexibility index (Phi) is 8.07. The number of nitrogens with one attached hydrogen (secondary N) is 1. The fraction of sp³-hybridized carbons (Fsp3) is 1.00. The molecule has 1 unspecified atom stereocenters. The lowest BCUT2D eigenvalue weighted by molar-refractivity contribution is -0.0640. The van der Waals surface area contributed by atoms with Gasteiger partial charge in [0.1, 0.15) is 0 Å². The zero-order valence-electron chi connectivity index (χ0n) is 11.2. The second-order valence-electron chi connectivity index (χ2n) is 4.95. The molecule has 0 aliphatic carbocycles. The summed E-state index contributed by atoms with van der Waals surface area (Å²) in [4.78, 5) is 0. The lowest BCUT2D eigenvalue weighted by Crippen LogP contribution is -2.35. The summed E-state index contributed by atoms with van der Waals surface area (Å²) in [6, 6.07) is 0. The highest BCUT2D eigenvalue weighted by Gasteiger charge is 2.18. The number of ether oxygens (including phenoxy) is 1. The summed E-state index contributed by atoms with van der Waals surface area (Å²) in [5, 5.41) is 3.44. The minimum atomic E-state index is 0.0184. The van der Waals surface area contributed by atoms with Crippen LogP contribution < -0.4 is 5.32 Å². The molecule has 0 aliphatic heterocycles. The van der Waals surface area contributed by atoms with Gasteiger partial charge in [-0.25, -0.2) is 0 Å². The fourth-order valence-corrected chi connectivity index (χ4v) is 1.47. The van der Waals surface area contributed by atoms with Crippen molar-refractivity contribution in [2.75, 3.05) is 13.1 Å². The Morgan fingerprint density at radius 2 is 1.87 bits per heavy atom. The summed E-state index contributed by atoms with van der Waals surface area (Å²) < 4.78 is 5.93. The molecule has 2 heteroatoms. The maximum atomic E-state index is 5.93. The summed E-state index contributed by atoms with van der Waals surface area (Å²) in [6.07, 6.45) is 5.26. The molecule has 0 saturated heterocycles. The van der Waals surface area contributed by atoms with Crippen LogP contribution in [0.4, 0.5) is 0 Å². The predicted molar refractivity (Wildman–Crippen MR) is 67.3 cm³/mol. The molecular formula is C13H29NO. The van der Waals surface area contributed by atoms with Gasteiger partial charge < -0.3 is 10.1 Å². The van der Waals surface area contributed by atoms with E-state index in [1.165, 1.54) is 19.3 Å². The van der Waals surface area contributed by atoms with Crippen LogP contribution in [0.5, 0.6) is 0 Å². The molecule has 0 aromatic heterocycles. The highest BCUT2D eigenvalue weighted by molar-refractivity contribution is 4.69. The molecule has 0 heterocycles. The average molecular weight is 215 g/mol. The molecule has 0 fully saturated rings. The van der Waals surface area contributed by atoms with Crippen molar-refractivity contribution in [3.05, 3.63) is 0 Å². The van der Waals surface area contributed by atoms with Crippen LogP contribution in [-0.4, -0.2) is 24.8 Å². The first kappa shape index (κ1) is 14.9. The van der Waals surface area contributed by atoms with Gasteiger partial charge in [0.2, 0.25) is 0 Å². The van der Waals surface area contributed by atoms with Crippen LogP contribution in [0, 0.1) is 0 Å². The monoisotopic (exact) mass is 215 g/mol. The predicted octanol–water partition coefficient (Wildman–Crippen LogP) is 3.36. The first-order valence-electron chi connectivity index (χ1n) is 6.40. The molecule has 2 nitrogen and oxygen atoms in total. The van der Waals surface area contributed by atoms with Gasteiger partial charge in [0.05, 0.1) is 11.7 Å². The zero-order valence-corrected chi connectivity index (χ0v) is 11.2. The lowest BCUT2D eigenvalue weighted by atomic mass is 10.1. The summed E-state index contributed by atoms with van der Waals surface area (Å²) >= 11 is 0. The SMILES string of the molecule is CCCCCNCC(C)OC(C)(C)CC. The van der Waals surface area contributed by atoms with E-state index in [1.54, 1.807) is 0 Å². The molecule has 0 saturated carbocycles. The highest BCUT2D eigenvalue weighted by Crippen LogP contribution is 2.15. The largest absolute Gasteiger partial charge is 0.371 e. The van der Waals surface area contributed by atoms with E-state index in [2.05, 4.69) is 39.9 Å². The number of rotatable bonds is 9. The molecule has 92 valence electrons. The molecule has 15 heavy (non-hydrogen) atoms. The summed E-state index contributed by atoms with van der Waals surface area (Å²) in [7, 11) is 0. The normalized spacial score (nSPS) is 14.2. The van der Waals surface area contributed by atoms with Gasteiger partial charge in [0.25, 0.3) is 0 Å². The van der Waals surface area contributed by atoms with Gasteiger partial charge in [-0.3, -0.25) is 0 Å². The van der Waals surface area contributed by atoms with Crippen molar-refractivity contribution < 1.29 is 4.74 Å². The van der Waals surface area contributed by atoms with Crippen molar-refractivity contribution in [3.63, 3.8) is 0 Å². The number of hydrogen-bond acceptors (Lipinski definition) is 2. The second kappa shape index (κ2) is 8.12. The van der Waals surface area contributed by atoms with Crippen molar-refractivity contribution in [2.24, 2.45) is 0 Å². The summed E-state index contributed by atoms with van der Waals surface area (Å²) in [5.41, 5.74) is 0.0184. The number of unbranched alkanes of at least 4 members (excludes halogenated alkanes) is 2. The Bertz CT molecular complexity index is 145. The van der Waals surface area contributed by atoms with E-state index in [0.29, 0.717) is 6.10 Å². The van der Waals surface area contributed by atoms with Crippen molar-refractivity contribution >= 4 is 0 Å². The van der Waals surface area contributed by atoms with Gasteiger partial charge in [-0.1, -0.05) is 26.7 Å². The molecule has 1 atom stereocenters. The van der Waals surface area contributed by atoms with Crippen LogP contribution in [0.15, 0.2) is 0 Å². The summed E-state index contributed by atoms with van der Waals surface area (Å²) in [5.74, 6) is 0. The quantitative estimate of drug-likeness (QED) is 0.595. The van der Waals surface area contributed by atoms with E-state index in [1.807, 2.05) is 0 Å². The van der Waals surface area contributed by atoms with E-state index >= 15 is 0 Å². The van der Waals surface area contributed by atoms with Crippen LogP contribution in [-0.2, 0) is 4.74 Å². The van der Waals surface area contributed by atoms with Gasteiger partial charge >= 0.3 is 0 Å². The van der Waals surface area contributed by atoms with Crippen LogP contribution in [0.25, 0.3) is 0 Å². The standard InChI is InChI=1S/C13H29NO/c1-6-8-9-10-14-11-12(3)15-13(4,5)7-2/h12,14H,6-11H2,1-5H3. The van der Waals surface area contributed by atoms with E-state index in [0.717, 1.165) is 19.5 Å². The van der Waals surface area contributed by atoms with Crippen molar-refractivity contribution in [3.8, 4) is 0 Å². The molecule has 0 aromatic carbocycles. The van der Waals surface area contributed by atoms with Crippen LogP contribution in [0.3, 0.4) is 0 Å². The summed E-state index contributed by atoms with van der Waals surface area (Å²) in [6.45, 7) is 12.9. The Labute approximate surface area is 95.8 Å². The van der Waals surface area contributed by atoms with Gasteiger partial charge in [-0.05, 0) is 40.2 Å². The van der Waals surface area contributed by atoms with Crippen LogP contribution >= 0.6 is 0 Å². The Morgan fingerprint density at radius 1 is 1.20 bits per heavy atom. The minimum absolute atomic E-state index is 0.0184. The molecule has 0 amide bonds.